The van der Waals surface area contributed by atoms with E-state index < -0.39 is 0 Å². The molecule has 1 heterocycles. The highest BCUT2D eigenvalue weighted by Crippen LogP contribution is 2.08. The van der Waals surface area contributed by atoms with E-state index in [4.69, 9.17) is 6.42 Å². The zero-order chi connectivity index (χ0) is 8.10. The van der Waals surface area contributed by atoms with Crippen LogP contribution in [0, 0.1) is 12.3 Å². The van der Waals surface area contributed by atoms with E-state index in [1.807, 2.05) is 0 Å². The van der Waals surface area contributed by atoms with Crippen molar-refractivity contribution in [2.45, 2.75) is 25.7 Å². The molecule has 0 atom stereocenters. The summed E-state index contributed by atoms with van der Waals surface area (Å²) in [6.07, 6.45) is 9.68. The van der Waals surface area contributed by atoms with E-state index >= 15 is 0 Å². The molecule has 2 nitrogen and oxygen atoms in total. The van der Waals surface area contributed by atoms with Crippen molar-refractivity contribution in [2.24, 2.45) is 0 Å². The SMILES string of the molecule is C#CC(=O)N1CCCCCC1. The van der Waals surface area contributed by atoms with Crippen LogP contribution in [0.1, 0.15) is 25.7 Å². The minimum absolute atomic E-state index is 0.146. The fourth-order valence-electron chi connectivity index (χ4n) is 1.37. The quantitative estimate of drug-likeness (QED) is 0.473. The molecule has 1 amide bonds. The van der Waals surface area contributed by atoms with Crippen LogP contribution in [0.15, 0.2) is 0 Å². The molecule has 1 rings (SSSR count). The van der Waals surface area contributed by atoms with Gasteiger partial charge in [0.25, 0.3) is 5.91 Å². The van der Waals surface area contributed by atoms with Crippen LogP contribution < -0.4 is 0 Å². The van der Waals surface area contributed by atoms with Crippen molar-refractivity contribution < 1.29 is 4.79 Å². The first-order valence-corrected chi connectivity index (χ1v) is 4.10. The lowest BCUT2D eigenvalue weighted by Crippen LogP contribution is -2.30. The highest BCUT2D eigenvalue weighted by molar-refractivity contribution is 5.92. The first-order chi connectivity index (χ1) is 5.34. The maximum absolute atomic E-state index is 11.0. The van der Waals surface area contributed by atoms with Crippen LogP contribution in [0.25, 0.3) is 0 Å². The van der Waals surface area contributed by atoms with Crippen LogP contribution in [-0.2, 0) is 4.79 Å². The Labute approximate surface area is 67.6 Å². The Morgan fingerprint density at radius 3 is 2.18 bits per heavy atom. The van der Waals surface area contributed by atoms with E-state index in [9.17, 15) is 4.79 Å². The average Bonchev–Trinajstić information content (AvgIpc) is 2.30. The van der Waals surface area contributed by atoms with Crippen molar-refractivity contribution in [2.75, 3.05) is 13.1 Å². The Hall–Kier alpha value is -0.970. The molecule has 1 aliphatic heterocycles. The van der Waals surface area contributed by atoms with Gasteiger partial charge in [0.2, 0.25) is 0 Å². The summed E-state index contributed by atoms with van der Waals surface area (Å²) in [5.41, 5.74) is 0. The van der Waals surface area contributed by atoms with Crippen molar-refractivity contribution in [1.82, 2.24) is 4.90 Å². The predicted molar refractivity (Wildman–Crippen MR) is 43.9 cm³/mol. The number of carbonyl (C=O) groups excluding carboxylic acids is 1. The minimum Gasteiger partial charge on any atom is -0.332 e. The summed E-state index contributed by atoms with van der Waals surface area (Å²) in [7, 11) is 0. The molecule has 0 aromatic rings. The molecule has 1 saturated heterocycles. The molecule has 0 saturated carbocycles. The molecule has 2 heteroatoms. The first-order valence-electron chi connectivity index (χ1n) is 4.10. The summed E-state index contributed by atoms with van der Waals surface area (Å²) < 4.78 is 0. The summed E-state index contributed by atoms with van der Waals surface area (Å²) in [5, 5.41) is 0. The summed E-state index contributed by atoms with van der Waals surface area (Å²) >= 11 is 0. The number of rotatable bonds is 0. The lowest BCUT2D eigenvalue weighted by Gasteiger charge is -2.16. The number of hydrogen-bond acceptors (Lipinski definition) is 1. The third-order valence-electron chi connectivity index (χ3n) is 2.02. The van der Waals surface area contributed by atoms with Crippen LogP contribution in [0.4, 0.5) is 0 Å². The summed E-state index contributed by atoms with van der Waals surface area (Å²) in [6, 6.07) is 0. The second-order valence-electron chi connectivity index (χ2n) is 2.85. The molecule has 0 aliphatic carbocycles. The standard InChI is InChI=1S/C9H13NO/c1-2-9(11)10-7-5-3-4-6-8-10/h1H,3-8H2. The summed E-state index contributed by atoms with van der Waals surface area (Å²) in [5.74, 6) is 2.00. The van der Waals surface area contributed by atoms with Gasteiger partial charge in [-0.2, -0.15) is 0 Å². The van der Waals surface area contributed by atoms with E-state index in [1.165, 1.54) is 12.8 Å². The van der Waals surface area contributed by atoms with Gasteiger partial charge in [0, 0.05) is 13.1 Å². The van der Waals surface area contributed by atoms with Crippen LogP contribution in [0.5, 0.6) is 0 Å². The maximum atomic E-state index is 11.0. The van der Waals surface area contributed by atoms with Gasteiger partial charge in [-0.1, -0.05) is 12.8 Å². The van der Waals surface area contributed by atoms with Gasteiger partial charge in [-0.25, -0.2) is 0 Å². The zero-order valence-corrected chi connectivity index (χ0v) is 6.68. The number of likely N-dealkylation sites (tertiary alicyclic amines) is 1. The maximum Gasteiger partial charge on any atom is 0.298 e. The van der Waals surface area contributed by atoms with Crippen molar-refractivity contribution in [3.63, 3.8) is 0 Å². The topological polar surface area (TPSA) is 20.3 Å². The molecule has 0 N–H and O–H groups in total. The van der Waals surface area contributed by atoms with Crippen molar-refractivity contribution in [3.8, 4) is 12.3 Å². The molecule has 0 spiro atoms. The molecule has 0 unspecified atom stereocenters. The highest BCUT2D eigenvalue weighted by atomic mass is 16.2. The molecule has 60 valence electrons. The lowest BCUT2D eigenvalue weighted by atomic mass is 10.2. The van der Waals surface area contributed by atoms with Crippen LogP contribution >= 0.6 is 0 Å². The van der Waals surface area contributed by atoms with Crippen molar-refractivity contribution in [1.29, 1.82) is 0 Å². The Kier molecular flexibility index (Phi) is 2.97. The average molecular weight is 151 g/mol. The number of carbonyl (C=O) groups is 1. The Morgan fingerprint density at radius 2 is 1.73 bits per heavy atom. The van der Waals surface area contributed by atoms with E-state index in [2.05, 4.69) is 5.92 Å². The molecule has 1 aliphatic rings. The van der Waals surface area contributed by atoms with Gasteiger partial charge in [0.1, 0.15) is 0 Å². The van der Waals surface area contributed by atoms with Crippen LogP contribution in [-0.4, -0.2) is 23.9 Å². The van der Waals surface area contributed by atoms with Gasteiger partial charge < -0.3 is 4.90 Å². The smallest absolute Gasteiger partial charge is 0.298 e. The fourth-order valence-corrected chi connectivity index (χ4v) is 1.37. The summed E-state index contributed by atoms with van der Waals surface area (Å²) in [6.45, 7) is 1.70. The van der Waals surface area contributed by atoms with Gasteiger partial charge in [0.15, 0.2) is 0 Å². The fraction of sp³-hybridized carbons (Fsp3) is 0.667. The molecule has 1 fully saturated rings. The van der Waals surface area contributed by atoms with Gasteiger partial charge in [0.05, 0.1) is 0 Å². The monoisotopic (exact) mass is 151 g/mol. The summed E-state index contributed by atoms with van der Waals surface area (Å²) in [4.78, 5) is 12.8. The van der Waals surface area contributed by atoms with Gasteiger partial charge in [-0.15, -0.1) is 6.42 Å². The van der Waals surface area contributed by atoms with Crippen LogP contribution in [0.3, 0.4) is 0 Å². The zero-order valence-electron chi connectivity index (χ0n) is 6.68. The van der Waals surface area contributed by atoms with E-state index in [1.54, 1.807) is 4.90 Å². The molecule has 11 heavy (non-hydrogen) atoms. The number of terminal acetylenes is 1. The number of amides is 1. The number of hydrogen-bond donors (Lipinski definition) is 0. The molecular weight excluding hydrogens is 138 g/mol. The Morgan fingerprint density at radius 1 is 1.18 bits per heavy atom. The molecule has 0 bridgehead atoms. The predicted octanol–water partition coefficient (Wildman–Crippen LogP) is 1.02. The van der Waals surface area contributed by atoms with Gasteiger partial charge in [-0.3, -0.25) is 4.79 Å². The molecule has 0 aromatic carbocycles. The van der Waals surface area contributed by atoms with Crippen LogP contribution in [0.2, 0.25) is 0 Å². The molecule has 0 aromatic heterocycles. The second kappa shape index (κ2) is 4.02. The van der Waals surface area contributed by atoms with E-state index in [0.717, 1.165) is 25.9 Å². The molecule has 0 radical (unpaired) electrons. The lowest BCUT2D eigenvalue weighted by molar-refractivity contribution is -0.125. The Bertz CT molecular complexity index is 172. The van der Waals surface area contributed by atoms with E-state index in [0.29, 0.717) is 0 Å². The highest BCUT2D eigenvalue weighted by Gasteiger charge is 2.12. The second-order valence-corrected chi connectivity index (χ2v) is 2.85. The minimum atomic E-state index is -0.146. The van der Waals surface area contributed by atoms with Gasteiger partial charge in [-0.05, 0) is 18.8 Å². The van der Waals surface area contributed by atoms with E-state index in [-0.39, 0.29) is 5.91 Å². The first kappa shape index (κ1) is 8.13. The van der Waals surface area contributed by atoms with Gasteiger partial charge >= 0.3 is 0 Å². The number of nitrogens with zero attached hydrogens (tertiary/aromatic N) is 1. The third-order valence-corrected chi connectivity index (χ3v) is 2.02. The molecular formula is C9H13NO. The van der Waals surface area contributed by atoms with Crippen molar-refractivity contribution in [3.05, 3.63) is 0 Å². The third kappa shape index (κ3) is 2.27. The largest absolute Gasteiger partial charge is 0.332 e. The normalized spacial score (nSPS) is 18.6. The Balaban J connectivity index is 2.44. The van der Waals surface area contributed by atoms with Crippen molar-refractivity contribution >= 4 is 5.91 Å².